The van der Waals surface area contributed by atoms with Gasteiger partial charge < -0.3 is 5.32 Å². The van der Waals surface area contributed by atoms with E-state index < -0.39 is 10.0 Å². The van der Waals surface area contributed by atoms with Crippen molar-refractivity contribution in [3.8, 4) is 0 Å². The third-order valence-corrected chi connectivity index (χ3v) is 8.54. The first kappa shape index (κ1) is 21.5. The lowest BCUT2D eigenvalue weighted by Gasteiger charge is -2.16. The molecule has 1 N–H and O–H groups in total. The molecule has 0 unspecified atom stereocenters. The summed E-state index contributed by atoms with van der Waals surface area (Å²) in [5.74, 6) is -0.217. The third kappa shape index (κ3) is 4.63. The highest BCUT2D eigenvalue weighted by Crippen LogP contribution is 2.32. The molecule has 1 aromatic carbocycles. The van der Waals surface area contributed by atoms with E-state index in [4.69, 9.17) is 11.6 Å². The molecule has 4 rings (SSSR count). The minimum atomic E-state index is -3.59. The van der Waals surface area contributed by atoms with Gasteiger partial charge in [0.2, 0.25) is 21.1 Å². The molecule has 1 aliphatic heterocycles. The summed E-state index contributed by atoms with van der Waals surface area (Å²) in [6, 6.07) is 4.66. The first-order chi connectivity index (χ1) is 14.4. The highest BCUT2D eigenvalue weighted by Gasteiger charge is 2.28. The quantitative estimate of drug-likeness (QED) is 0.619. The molecule has 0 spiro atoms. The lowest BCUT2D eigenvalue weighted by molar-refractivity contribution is -0.113. The fourth-order valence-corrected chi connectivity index (χ4v) is 6.27. The molecule has 12 heteroatoms. The van der Waals surface area contributed by atoms with Crippen LogP contribution >= 0.6 is 23.4 Å². The first-order valence-electron chi connectivity index (χ1n) is 9.95. The van der Waals surface area contributed by atoms with Crippen molar-refractivity contribution in [1.82, 2.24) is 24.5 Å². The fraction of sp³-hybridized carbons (Fsp3) is 0.556. The molecule has 2 aromatic rings. The van der Waals surface area contributed by atoms with Crippen LogP contribution < -0.4 is 5.32 Å². The average molecular weight is 471 g/mol. The second-order valence-electron chi connectivity index (χ2n) is 7.43. The summed E-state index contributed by atoms with van der Waals surface area (Å²) >= 11 is 7.44. The molecule has 162 valence electrons. The molecule has 2 heterocycles. The van der Waals surface area contributed by atoms with Gasteiger partial charge in [0, 0.05) is 13.1 Å². The van der Waals surface area contributed by atoms with Gasteiger partial charge in [0.1, 0.15) is 0 Å². The summed E-state index contributed by atoms with van der Waals surface area (Å²) in [6.07, 6.45) is 6.11. The molecule has 1 amide bonds. The number of carbonyl (C=O) groups is 1. The van der Waals surface area contributed by atoms with Crippen LogP contribution in [-0.2, 0) is 14.8 Å². The Morgan fingerprint density at radius 3 is 2.67 bits per heavy atom. The highest BCUT2D eigenvalue weighted by atomic mass is 35.5. The Kier molecular flexibility index (Phi) is 6.61. The van der Waals surface area contributed by atoms with E-state index in [-0.39, 0.29) is 33.3 Å². The second-order valence-corrected chi connectivity index (χ2v) is 10.7. The number of nitrogens with zero attached hydrogens (tertiary/aromatic N) is 5. The number of sulfonamides is 1. The second kappa shape index (κ2) is 9.21. The number of amides is 1. The number of aromatic nitrogens is 4. The summed E-state index contributed by atoms with van der Waals surface area (Å²) in [4.78, 5) is 12.6. The molecule has 1 aromatic heterocycles. The average Bonchev–Trinajstić information content (AvgIpc) is 3.49. The van der Waals surface area contributed by atoms with Gasteiger partial charge in [0.15, 0.2) is 0 Å². The number of thioether (sulfide) groups is 1. The standard InChI is InChI=1S/C18H23ClN6O3S2/c19-15-8-7-14(30(27,28)24-9-3-4-10-24)11-16(15)20-17(26)12-29-18-21-22-23-25(18)13-5-1-2-6-13/h7-8,11,13H,1-6,9-10,12H2,(H,20,26). The Bertz CT molecular complexity index is 1020. The van der Waals surface area contributed by atoms with E-state index in [1.165, 1.54) is 34.3 Å². The van der Waals surface area contributed by atoms with Crippen molar-refractivity contribution in [3.05, 3.63) is 23.2 Å². The molecule has 2 fully saturated rings. The van der Waals surface area contributed by atoms with E-state index in [0.717, 1.165) is 38.5 Å². The summed E-state index contributed by atoms with van der Waals surface area (Å²) in [5, 5.41) is 15.4. The van der Waals surface area contributed by atoms with E-state index >= 15 is 0 Å². The maximum Gasteiger partial charge on any atom is 0.243 e. The van der Waals surface area contributed by atoms with Crippen molar-refractivity contribution in [2.75, 3.05) is 24.2 Å². The summed E-state index contributed by atoms with van der Waals surface area (Å²) in [6.45, 7) is 1.03. The van der Waals surface area contributed by atoms with Gasteiger partial charge in [-0.1, -0.05) is 36.2 Å². The van der Waals surface area contributed by atoms with Gasteiger partial charge >= 0.3 is 0 Å². The van der Waals surface area contributed by atoms with E-state index in [1.54, 1.807) is 4.68 Å². The molecular weight excluding hydrogens is 448 g/mol. The van der Waals surface area contributed by atoms with Gasteiger partial charge in [0.05, 0.1) is 27.4 Å². The number of carbonyl (C=O) groups excluding carboxylic acids is 1. The van der Waals surface area contributed by atoms with Gasteiger partial charge in [-0.2, -0.15) is 4.31 Å². The van der Waals surface area contributed by atoms with Crippen molar-refractivity contribution >= 4 is 45.0 Å². The zero-order valence-electron chi connectivity index (χ0n) is 16.3. The molecule has 2 aliphatic rings. The molecular formula is C18H23ClN6O3S2. The lowest BCUT2D eigenvalue weighted by Crippen LogP contribution is -2.28. The normalized spacial score (nSPS) is 18.2. The molecule has 30 heavy (non-hydrogen) atoms. The Balaban J connectivity index is 1.42. The van der Waals surface area contributed by atoms with Gasteiger partial charge in [-0.25, -0.2) is 13.1 Å². The van der Waals surface area contributed by atoms with Gasteiger partial charge in [-0.05, 0) is 54.3 Å². The van der Waals surface area contributed by atoms with Gasteiger partial charge in [-0.15, -0.1) is 5.10 Å². The third-order valence-electron chi connectivity index (χ3n) is 5.38. The summed E-state index contributed by atoms with van der Waals surface area (Å²) < 4.78 is 28.8. The van der Waals surface area contributed by atoms with Crippen LogP contribution in [0.2, 0.25) is 5.02 Å². The molecule has 1 saturated heterocycles. The van der Waals surface area contributed by atoms with Crippen LogP contribution in [0, 0.1) is 0 Å². The molecule has 0 radical (unpaired) electrons. The number of tetrazole rings is 1. The summed E-state index contributed by atoms with van der Waals surface area (Å²) in [7, 11) is -3.59. The largest absolute Gasteiger partial charge is 0.324 e. The molecule has 1 aliphatic carbocycles. The number of nitrogens with one attached hydrogen (secondary N) is 1. The Labute approximate surface area is 184 Å². The number of hydrogen-bond donors (Lipinski definition) is 1. The van der Waals surface area contributed by atoms with Crippen molar-refractivity contribution in [2.45, 2.75) is 54.6 Å². The van der Waals surface area contributed by atoms with E-state index in [2.05, 4.69) is 20.8 Å². The predicted octanol–water partition coefficient (Wildman–Crippen LogP) is 2.96. The fourth-order valence-electron chi connectivity index (χ4n) is 3.81. The molecule has 1 saturated carbocycles. The Hall–Kier alpha value is -1.69. The predicted molar refractivity (Wildman–Crippen MR) is 114 cm³/mol. The van der Waals surface area contributed by atoms with Crippen LogP contribution in [0.25, 0.3) is 0 Å². The van der Waals surface area contributed by atoms with Crippen LogP contribution in [0.1, 0.15) is 44.6 Å². The Morgan fingerprint density at radius 2 is 1.93 bits per heavy atom. The van der Waals surface area contributed by atoms with E-state index in [9.17, 15) is 13.2 Å². The molecule has 0 atom stereocenters. The van der Waals surface area contributed by atoms with Crippen molar-refractivity contribution in [2.24, 2.45) is 0 Å². The van der Waals surface area contributed by atoms with Crippen LogP contribution in [0.5, 0.6) is 0 Å². The topological polar surface area (TPSA) is 110 Å². The number of anilines is 1. The van der Waals surface area contributed by atoms with E-state index in [1.807, 2.05) is 0 Å². The van der Waals surface area contributed by atoms with Crippen LogP contribution in [0.15, 0.2) is 28.3 Å². The number of hydrogen-bond acceptors (Lipinski definition) is 7. The van der Waals surface area contributed by atoms with Crippen LogP contribution in [-0.4, -0.2) is 57.7 Å². The molecule has 9 nitrogen and oxygen atoms in total. The number of halogens is 1. The minimum Gasteiger partial charge on any atom is -0.324 e. The summed E-state index contributed by atoms with van der Waals surface area (Å²) in [5.41, 5.74) is 0.276. The molecule has 0 bridgehead atoms. The maximum atomic E-state index is 12.8. The van der Waals surface area contributed by atoms with E-state index in [0.29, 0.717) is 18.2 Å². The minimum absolute atomic E-state index is 0.0898. The zero-order chi connectivity index (χ0) is 21.1. The number of rotatable bonds is 7. The van der Waals surface area contributed by atoms with Gasteiger partial charge in [0.25, 0.3) is 0 Å². The van der Waals surface area contributed by atoms with Crippen LogP contribution in [0.4, 0.5) is 5.69 Å². The number of benzene rings is 1. The SMILES string of the molecule is O=C(CSc1nnnn1C1CCCC1)Nc1cc(S(=O)(=O)N2CCCC2)ccc1Cl. The van der Waals surface area contributed by atoms with Crippen molar-refractivity contribution in [1.29, 1.82) is 0 Å². The Morgan fingerprint density at radius 1 is 1.20 bits per heavy atom. The van der Waals surface area contributed by atoms with Crippen LogP contribution in [0.3, 0.4) is 0 Å². The van der Waals surface area contributed by atoms with Gasteiger partial charge in [-0.3, -0.25) is 4.79 Å². The highest BCUT2D eigenvalue weighted by molar-refractivity contribution is 7.99. The monoisotopic (exact) mass is 470 g/mol. The maximum absolute atomic E-state index is 12.8. The lowest BCUT2D eigenvalue weighted by atomic mass is 10.3. The smallest absolute Gasteiger partial charge is 0.243 e. The van der Waals surface area contributed by atoms with Crippen molar-refractivity contribution in [3.63, 3.8) is 0 Å². The zero-order valence-corrected chi connectivity index (χ0v) is 18.7. The first-order valence-corrected chi connectivity index (χ1v) is 12.8. The van der Waals surface area contributed by atoms with Crippen molar-refractivity contribution < 1.29 is 13.2 Å².